The third-order valence-electron chi connectivity index (χ3n) is 4.81. The molecule has 0 bridgehead atoms. The lowest BCUT2D eigenvalue weighted by Crippen LogP contribution is -2.36. The minimum absolute atomic E-state index is 0.162. The van der Waals surface area contributed by atoms with Crippen molar-refractivity contribution in [1.82, 2.24) is 5.32 Å². The van der Waals surface area contributed by atoms with Gasteiger partial charge >= 0.3 is 0 Å². The zero-order chi connectivity index (χ0) is 11.6. The van der Waals surface area contributed by atoms with Gasteiger partial charge in [-0.15, -0.1) is 0 Å². The molecule has 0 aromatic carbocycles. The van der Waals surface area contributed by atoms with E-state index >= 15 is 0 Å². The van der Waals surface area contributed by atoms with Gasteiger partial charge in [-0.05, 0) is 57.0 Å². The van der Waals surface area contributed by atoms with E-state index in [4.69, 9.17) is 9.47 Å². The average molecular weight is 239 g/mol. The highest BCUT2D eigenvalue weighted by Gasteiger charge is 2.40. The SMILES string of the molecule is C1CC(CC2CCC3(CC2)OCCO3)CCN1. The van der Waals surface area contributed by atoms with Gasteiger partial charge in [0.05, 0.1) is 13.2 Å². The number of nitrogens with one attached hydrogen (secondary N) is 1. The summed E-state index contributed by atoms with van der Waals surface area (Å²) >= 11 is 0. The monoisotopic (exact) mass is 239 g/mol. The van der Waals surface area contributed by atoms with Crippen molar-refractivity contribution >= 4 is 0 Å². The van der Waals surface area contributed by atoms with Crippen molar-refractivity contribution in [1.29, 1.82) is 0 Å². The van der Waals surface area contributed by atoms with Crippen molar-refractivity contribution < 1.29 is 9.47 Å². The topological polar surface area (TPSA) is 30.5 Å². The van der Waals surface area contributed by atoms with Gasteiger partial charge in [0.1, 0.15) is 0 Å². The summed E-state index contributed by atoms with van der Waals surface area (Å²) in [6.07, 6.45) is 9.08. The highest BCUT2D eigenvalue weighted by molar-refractivity contribution is 4.84. The predicted octanol–water partition coefficient (Wildman–Crippen LogP) is 2.31. The summed E-state index contributed by atoms with van der Waals surface area (Å²) in [4.78, 5) is 0. The Hall–Kier alpha value is -0.120. The molecular formula is C14H25NO2. The van der Waals surface area contributed by atoms with Gasteiger partial charge in [0.15, 0.2) is 5.79 Å². The van der Waals surface area contributed by atoms with Crippen molar-refractivity contribution in [3.8, 4) is 0 Å². The first-order chi connectivity index (χ1) is 8.36. The number of hydrogen-bond donors (Lipinski definition) is 1. The molecule has 2 saturated heterocycles. The van der Waals surface area contributed by atoms with Crippen LogP contribution in [0.25, 0.3) is 0 Å². The minimum atomic E-state index is -0.162. The highest BCUT2D eigenvalue weighted by Crippen LogP contribution is 2.40. The lowest BCUT2D eigenvalue weighted by Gasteiger charge is -2.37. The number of hydrogen-bond acceptors (Lipinski definition) is 3. The Kier molecular flexibility index (Phi) is 3.69. The van der Waals surface area contributed by atoms with Crippen LogP contribution in [0.15, 0.2) is 0 Å². The van der Waals surface area contributed by atoms with Crippen LogP contribution < -0.4 is 5.32 Å². The Morgan fingerprint density at radius 2 is 1.47 bits per heavy atom. The quantitative estimate of drug-likeness (QED) is 0.802. The molecule has 3 heteroatoms. The first kappa shape index (κ1) is 11.9. The average Bonchev–Trinajstić information content (AvgIpc) is 2.83. The van der Waals surface area contributed by atoms with Crippen molar-refractivity contribution in [2.24, 2.45) is 11.8 Å². The molecule has 1 saturated carbocycles. The largest absolute Gasteiger partial charge is 0.348 e. The van der Waals surface area contributed by atoms with Crippen LogP contribution in [0.1, 0.15) is 44.9 Å². The summed E-state index contributed by atoms with van der Waals surface area (Å²) in [6, 6.07) is 0. The third kappa shape index (κ3) is 2.83. The zero-order valence-electron chi connectivity index (χ0n) is 10.7. The molecule has 1 N–H and O–H groups in total. The van der Waals surface area contributed by atoms with Gasteiger partial charge in [0.2, 0.25) is 0 Å². The van der Waals surface area contributed by atoms with Crippen LogP contribution >= 0.6 is 0 Å². The van der Waals surface area contributed by atoms with Crippen LogP contribution in [0.3, 0.4) is 0 Å². The molecule has 3 nitrogen and oxygen atoms in total. The summed E-state index contributed by atoms with van der Waals surface area (Å²) in [6.45, 7) is 4.07. The van der Waals surface area contributed by atoms with E-state index in [1.807, 2.05) is 0 Å². The van der Waals surface area contributed by atoms with Crippen molar-refractivity contribution in [2.45, 2.75) is 50.7 Å². The molecule has 0 atom stereocenters. The van der Waals surface area contributed by atoms with Crippen LogP contribution in [0, 0.1) is 11.8 Å². The first-order valence-electron chi connectivity index (χ1n) is 7.35. The van der Waals surface area contributed by atoms with E-state index in [9.17, 15) is 0 Å². The maximum absolute atomic E-state index is 5.79. The van der Waals surface area contributed by atoms with Crippen LogP contribution in [0.4, 0.5) is 0 Å². The molecule has 0 unspecified atom stereocenters. The normalized spacial score (nSPS) is 31.1. The van der Waals surface area contributed by atoms with Gasteiger partial charge < -0.3 is 14.8 Å². The maximum Gasteiger partial charge on any atom is 0.168 e. The predicted molar refractivity (Wildman–Crippen MR) is 66.8 cm³/mol. The number of piperidine rings is 1. The van der Waals surface area contributed by atoms with Gasteiger partial charge in [-0.3, -0.25) is 0 Å². The molecule has 1 aliphatic carbocycles. The van der Waals surface area contributed by atoms with Crippen molar-refractivity contribution in [3.05, 3.63) is 0 Å². The Morgan fingerprint density at radius 1 is 0.882 bits per heavy atom. The molecule has 0 aromatic heterocycles. The molecule has 3 rings (SSSR count). The van der Waals surface area contributed by atoms with E-state index < -0.39 is 0 Å². The summed E-state index contributed by atoms with van der Waals surface area (Å²) in [5, 5.41) is 3.45. The molecule has 0 amide bonds. The molecule has 98 valence electrons. The van der Waals surface area contributed by atoms with Crippen LogP contribution in [0.2, 0.25) is 0 Å². The van der Waals surface area contributed by atoms with E-state index in [1.54, 1.807) is 0 Å². The standard InChI is InChI=1S/C14H25NO2/c1-5-14(16-9-10-17-14)6-2-12(1)11-13-3-7-15-8-4-13/h12-13,15H,1-11H2. The molecule has 3 fully saturated rings. The fraction of sp³-hybridized carbons (Fsp3) is 1.00. The Morgan fingerprint density at radius 3 is 2.12 bits per heavy atom. The fourth-order valence-corrected chi connectivity index (χ4v) is 3.73. The smallest absolute Gasteiger partial charge is 0.168 e. The van der Waals surface area contributed by atoms with E-state index in [2.05, 4.69) is 5.32 Å². The number of rotatable bonds is 2. The van der Waals surface area contributed by atoms with Gasteiger partial charge in [0.25, 0.3) is 0 Å². The van der Waals surface area contributed by atoms with Gasteiger partial charge in [0, 0.05) is 12.8 Å². The fourth-order valence-electron chi connectivity index (χ4n) is 3.73. The summed E-state index contributed by atoms with van der Waals surface area (Å²) in [5.74, 6) is 1.74. The van der Waals surface area contributed by atoms with E-state index in [0.29, 0.717) is 0 Å². The zero-order valence-corrected chi connectivity index (χ0v) is 10.7. The maximum atomic E-state index is 5.79. The third-order valence-corrected chi connectivity index (χ3v) is 4.81. The molecule has 0 aromatic rings. The molecule has 0 radical (unpaired) electrons. The van der Waals surface area contributed by atoms with Crippen molar-refractivity contribution in [3.63, 3.8) is 0 Å². The molecule has 3 aliphatic rings. The minimum Gasteiger partial charge on any atom is -0.348 e. The van der Waals surface area contributed by atoms with E-state index in [-0.39, 0.29) is 5.79 Å². The molecule has 2 aliphatic heterocycles. The van der Waals surface area contributed by atoms with Crippen LogP contribution in [0.5, 0.6) is 0 Å². The Labute approximate surface area is 104 Å². The second-order valence-electron chi connectivity index (χ2n) is 5.98. The van der Waals surface area contributed by atoms with Gasteiger partial charge in [-0.2, -0.15) is 0 Å². The molecule has 1 spiro atoms. The van der Waals surface area contributed by atoms with Crippen molar-refractivity contribution in [2.75, 3.05) is 26.3 Å². The second-order valence-corrected chi connectivity index (χ2v) is 5.98. The highest BCUT2D eigenvalue weighted by atomic mass is 16.7. The van der Waals surface area contributed by atoms with E-state index in [0.717, 1.165) is 37.9 Å². The summed E-state index contributed by atoms with van der Waals surface area (Å²) in [7, 11) is 0. The van der Waals surface area contributed by atoms with Crippen LogP contribution in [-0.2, 0) is 9.47 Å². The Balaban J connectivity index is 1.44. The van der Waals surface area contributed by atoms with Crippen LogP contribution in [-0.4, -0.2) is 32.1 Å². The van der Waals surface area contributed by atoms with Gasteiger partial charge in [-0.25, -0.2) is 0 Å². The summed E-state index contributed by atoms with van der Waals surface area (Å²) in [5.41, 5.74) is 0. The number of ether oxygens (including phenoxy) is 2. The second kappa shape index (κ2) is 5.25. The molecule has 17 heavy (non-hydrogen) atoms. The lowest BCUT2D eigenvalue weighted by atomic mass is 9.78. The Bertz CT molecular complexity index is 235. The molecular weight excluding hydrogens is 214 g/mol. The lowest BCUT2D eigenvalue weighted by molar-refractivity contribution is -0.183. The molecule has 2 heterocycles. The van der Waals surface area contributed by atoms with E-state index in [1.165, 1.54) is 45.2 Å². The summed E-state index contributed by atoms with van der Waals surface area (Å²) < 4.78 is 11.6. The first-order valence-corrected chi connectivity index (χ1v) is 7.35. The van der Waals surface area contributed by atoms with Gasteiger partial charge in [-0.1, -0.05) is 0 Å².